The molecule has 26 heavy (non-hydrogen) atoms. The van der Waals surface area contributed by atoms with E-state index in [1.165, 1.54) is 11.8 Å². The first kappa shape index (κ1) is 16.5. The summed E-state index contributed by atoms with van der Waals surface area (Å²) in [7, 11) is 0. The Labute approximate surface area is 154 Å². The smallest absolute Gasteiger partial charge is 0.385 e. The molecule has 0 spiro atoms. The highest BCUT2D eigenvalue weighted by Crippen LogP contribution is 2.32. The van der Waals surface area contributed by atoms with Crippen molar-refractivity contribution in [2.24, 2.45) is 0 Å². The molecule has 0 radical (unpaired) electrons. The van der Waals surface area contributed by atoms with E-state index in [-0.39, 0.29) is 11.7 Å². The predicted molar refractivity (Wildman–Crippen MR) is 96.9 cm³/mol. The van der Waals surface area contributed by atoms with Gasteiger partial charge in [0.2, 0.25) is 12.2 Å². The Hall–Kier alpha value is -3.00. The van der Waals surface area contributed by atoms with Crippen LogP contribution in [0.4, 0.5) is 5.69 Å². The molecule has 0 atom stereocenters. The zero-order valence-corrected chi connectivity index (χ0v) is 14.7. The summed E-state index contributed by atoms with van der Waals surface area (Å²) < 4.78 is 12.8. The minimum Gasteiger partial charge on any atom is -0.486 e. The number of carbonyl (C=O) groups excluding carboxylic acids is 1. The van der Waals surface area contributed by atoms with E-state index < -0.39 is 0 Å². The molecule has 0 saturated heterocycles. The molecule has 1 aromatic heterocycles. The zero-order chi connectivity index (χ0) is 17.8. The Morgan fingerprint density at radius 3 is 2.81 bits per heavy atom. The minimum absolute atomic E-state index is 0.116. The van der Waals surface area contributed by atoms with E-state index in [2.05, 4.69) is 15.4 Å². The maximum Gasteiger partial charge on any atom is 0.385 e. The Morgan fingerprint density at radius 2 is 1.96 bits per heavy atom. The first-order chi connectivity index (χ1) is 12.8. The fourth-order valence-corrected chi connectivity index (χ4v) is 3.31. The molecule has 1 amide bonds. The molecule has 3 aromatic rings. The highest BCUT2D eigenvalue weighted by atomic mass is 32.2. The van der Waals surface area contributed by atoms with Crippen molar-refractivity contribution in [1.29, 1.82) is 0 Å². The van der Waals surface area contributed by atoms with E-state index in [1.54, 1.807) is 24.5 Å². The Kier molecular flexibility index (Phi) is 4.74. The predicted octanol–water partition coefficient (Wildman–Crippen LogP) is 2.19. The molecule has 1 aliphatic heterocycles. The Bertz CT molecular complexity index is 914. The molecule has 1 aliphatic rings. The molecule has 2 N–H and O–H groups in total. The second kappa shape index (κ2) is 7.49. The van der Waals surface area contributed by atoms with Gasteiger partial charge < -0.3 is 14.8 Å². The quantitative estimate of drug-likeness (QED) is 0.532. The van der Waals surface area contributed by atoms with E-state index in [4.69, 9.17) is 9.47 Å². The van der Waals surface area contributed by atoms with Crippen LogP contribution in [0.15, 0.2) is 60.0 Å². The van der Waals surface area contributed by atoms with Crippen LogP contribution < -0.4 is 19.5 Å². The van der Waals surface area contributed by atoms with E-state index in [1.807, 2.05) is 35.0 Å². The van der Waals surface area contributed by atoms with Gasteiger partial charge in [-0.25, -0.2) is 0 Å². The van der Waals surface area contributed by atoms with Crippen molar-refractivity contribution in [3.8, 4) is 17.2 Å². The van der Waals surface area contributed by atoms with Gasteiger partial charge >= 0.3 is 5.16 Å². The van der Waals surface area contributed by atoms with E-state index in [9.17, 15) is 4.79 Å². The van der Waals surface area contributed by atoms with Gasteiger partial charge in [0.25, 0.3) is 0 Å². The number of anilines is 1. The highest BCUT2D eigenvalue weighted by Gasteiger charge is 2.19. The van der Waals surface area contributed by atoms with Crippen molar-refractivity contribution in [2.75, 3.05) is 24.3 Å². The number of amides is 1. The van der Waals surface area contributed by atoms with Gasteiger partial charge in [0, 0.05) is 11.8 Å². The number of ether oxygens (including phenoxy) is 2. The van der Waals surface area contributed by atoms with E-state index >= 15 is 0 Å². The van der Waals surface area contributed by atoms with Crippen LogP contribution in [-0.4, -0.2) is 35.0 Å². The molecule has 0 aliphatic carbocycles. The van der Waals surface area contributed by atoms with Crippen LogP contribution in [0.3, 0.4) is 0 Å². The fraction of sp³-hybridized carbons (Fsp3) is 0.167. The maximum absolute atomic E-state index is 12.3. The van der Waals surface area contributed by atoms with Gasteiger partial charge in [-0.2, -0.15) is 5.10 Å². The minimum atomic E-state index is -0.116. The summed E-state index contributed by atoms with van der Waals surface area (Å²) in [6, 6.07) is 15.2. The molecular weight excluding hydrogens is 352 g/mol. The molecule has 8 heteroatoms. The van der Waals surface area contributed by atoms with Crippen molar-refractivity contribution in [2.45, 2.75) is 5.16 Å². The topological polar surface area (TPSA) is 80.1 Å². The van der Waals surface area contributed by atoms with Gasteiger partial charge in [-0.3, -0.25) is 4.79 Å². The van der Waals surface area contributed by atoms with Crippen LogP contribution in [0.25, 0.3) is 5.69 Å². The molecule has 0 unspecified atom stereocenters. The second-order valence-electron chi connectivity index (χ2n) is 5.54. The van der Waals surface area contributed by atoms with Crippen molar-refractivity contribution < 1.29 is 19.0 Å². The Morgan fingerprint density at radius 1 is 1.15 bits per heavy atom. The Balaban J connectivity index is 1.39. The molecule has 0 fully saturated rings. The molecule has 7 nitrogen and oxygen atoms in total. The lowest BCUT2D eigenvalue weighted by Crippen LogP contribution is -2.35. The maximum atomic E-state index is 12.3. The van der Waals surface area contributed by atoms with Gasteiger partial charge in [-0.05, 0) is 41.0 Å². The van der Waals surface area contributed by atoms with Crippen molar-refractivity contribution >= 4 is 23.4 Å². The number of carbonyl (C=O) groups is 1. The fourth-order valence-electron chi connectivity index (χ4n) is 2.57. The number of H-pyrrole nitrogens is 1. The first-order valence-electron chi connectivity index (χ1n) is 8.13. The lowest BCUT2D eigenvalue weighted by Gasteiger charge is -2.18. The number of aromatic amines is 1. The number of fused-ring (bicyclic) bond motifs is 1. The molecular formula is C18H17N4O3S+. The average Bonchev–Trinajstić information content (AvgIpc) is 3.16. The molecule has 0 saturated carbocycles. The second-order valence-corrected chi connectivity index (χ2v) is 6.48. The van der Waals surface area contributed by atoms with Crippen molar-refractivity contribution in [3.63, 3.8) is 0 Å². The zero-order valence-electron chi connectivity index (χ0n) is 13.8. The lowest BCUT2D eigenvalue weighted by atomic mass is 10.2. The monoisotopic (exact) mass is 369 g/mol. The largest absolute Gasteiger partial charge is 0.486 e. The van der Waals surface area contributed by atoms with Gasteiger partial charge in [-0.15, -0.1) is 4.68 Å². The number of nitrogens with zero attached hydrogens (tertiary/aromatic N) is 2. The summed E-state index contributed by atoms with van der Waals surface area (Å²) in [4.78, 5) is 16.6. The normalized spacial score (nSPS) is 12.6. The van der Waals surface area contributed by atoms with Gasteiger partial charge in [0.15, 0.2) is 17.2 Å². The molecule has 4 rings (SSSR count). The summed E-state index contributed by atoms with van der Waals surface area (Å²) >= 11 is 1.36. The third-order valence-corrected chi connectivity index (χ3v) is 4.68. The third-order valence-electron chi connectivity index (χ3n) is 3.73. The van der Waals surface area contributed by atoms with Crippen molar-refractivity contribution in [1.82, 2.24) is 10.1 Å². The summed E-state index contributed by atoms with van der Waals surface area (Å²) in [5.74, 6) is 1.47. The standard InChI is InChI=1S/C18H16N4O3S/c23-17(21-13-6-7-15-16(10-13)25-9-8-24-15)11-26-18-19-12-20-22(18)14-4-2-1-3-5-14/h1-7,10,12H,8-9,11H2,(H,21,23)/p+1. The number of rotatable bonds is 5. The SMILES string of the molecule is O=C(CSc1nc[nH][n+]1-c1ccccc1)Nc1ccc2c(c1)OCCO2. The van der Waals surface area contributed by atoms with Crippen LogP contribution in [0.5, 0.6) is 11.5 Å². The molecule has 0 bridgehead atoms. The molecule has 2 heterocycles. The summed E-state index contributed by atoms with van der Waals surface area (Å²) in [6.45, 7) is 1.05. The summed E-state index contributed by atoms with van der Waals surface area (Å²) in [6.07, 6.45) is 1.61. The number of hydrogen-bond donors (Lipinski definition) is 2. The van der Waals surface area contributed by atoms with Crippen LogP contribution >= 0.6 is 11.8 Å². The van der Waals surface area contributed by atoms with Gasteiger partial charge in [0.05, 0.1) is 5.75 Å². The number of thioether (sulfide) groups is 1. The molecule has 2 aromatic carbocycles. The van der Waals surface area contributed by atoms with E-state index in [0.717, 1.165) is 5.69 Å². The van der Waals surface area contributed by atoms with Crippen molar-refractivity contribution in [3.05, 3.63) is 54.9 Å². The van der Waals surface area contributed by atoms with Crippen LogP contribution in [0.1, 0.15) is 0 Å². The summed E-state index contributed by atoms with van der Waals surface area (Å²) in [5.41, 5.74) is 1.64. The van der Waals surface area contributed by atoms with E-state index in [0.29, 0.717) is 35.6 Å². The average molecular weight is 369 g/mol. The van der Waals surface area contributed by atoms with Gasteiger partial charge in [-0.1, -0.05) is 18.2 Å². The number of nitrogens with one attached hydrogen (secondary N) is 2. The van der Waals surface area contributed by atoms with Crippen LogP contribution in [0.2, 0.25) is 0 Å². The first-order valence-corrected chi connectivity index (χ1v) is 9.11. The number of para-hydroxylation sites is 1. The van der Waals surface area contributed by atoms with Crippen LogP contribution in [-0.2, 0) is 4.79 Å². The highest BCUT2D eigenvalue weighted by molar-refractivity contribution is 7.99. The number of benzene rings is 2. The number of aromatic nitrogens is 3. The lowest BCUT2D eigenvalue weighted by molar-refractivity contribution is -0.694. The van der Waals surface area contributed by atoms with Crippen LogP contribution in [0, 0.1) is 0 Å². The third kappa shape index (κ3) is 3.65. The molecule has 132 valence electrons. The number of hydrogen-bond acceptors (Lipinski definition) is 5. The summed E-state index contributed by atoms with van der Waals surface area (Å²) in [5, 5.41) is 6.64. The van der Waals surface area contributed by atoms with Gasteiger partial charge in [0.1, 0.15) is 13.2 Å².